The molecule has 236 valence electrons. The van der Waals surface area contributed by atoms with Crippen LogP contribution >= 0.6 is 0 Å². The third kappa shape index (κ3) is 8.12. The Morgan fingerprint density at radius 2 is 1.57 bits per heavy atom. The summed E-state index contributed by atoms with van der Waals surface area (Å²) in [6.07, 6.45) is 2.30. The number of ether oxygens (including phenoxy) is 3. The summed E-state index contributed by atoms with van der Waals surface area (Å²) in [6, 6.07) is 9.07. The van der Waals surface area contributed by atoms with E-state index in [0.717, 1.165) is 34.7 Å². The number of carbonyl (C=O) groups is 3. The Bertz CT molecular complexity index is 1510. The molecule has 2 heterocycles. The summed E-state index contributed by atoms with van der Waals surface area (Å²) in [4.78, 5) is 49.2. The standard InChI is InChI=1S/C32H40FN5O6/c1-31(2,3)43-29(40)38(30(41)44-32(4,5)6)25-15-11-10-14-24(25)36-27-22(33)17-21(28(39)42-7)26(37-27)35-20-16-19-12-8-9-13-23(19)34-18-20/h8-9,12-13,16-18,24-25H,10-11,14-15H2,1-7H3,(H2,35,36,37). The first kappa shape index (κ1) is 32.4. The molecule has 1 aliphatic rings. The highest BCUT2D eigenvalue weighted by atomic mass is 19.1. The van der Waals surface area contributed by atoms with Crippen molar-refractivity contribution in [1.82, 2.24) is 14.9 Å². The van der Waals surface area contributed by atoms with Gasteiger partial charge in [-0.25, -0.2) is 28.7 Å². The maximum Gasteiger partial charge on any atom is 0.420 e. The van der Waals surface area contributed by atoms with Crippen LogP contribution in [-0.2, 0) is 14.2 Å². The SMILES string of the molecule is COC(=O)c1cc(F)c(NC2CCCCC2N(C(=O)OC(C)(C)C)C(=O)OC(C)(C)C)nc1Nc1cnc2ccccc2c1. The number of amides is 2. The predicted molar refractivity (Wildman–Crippen MR) is 165 cm³/mol. The largest absolute Gasteiger partial charge is 0.465 e. The topological polar surface area (TPSA) is 132 Å². The minimum atomic E-state index is -0.871. The zero-order chi connectivity index (χ0) is 32.2. The number of benzene rings is 1. The average molecular weight is 610 g/mol. The summed E-state index contributed by atoms with van der Waals surface area (Å²) in [5, 5.41) is 7.02. The lowest BCUT2D eigenvalue weighted by molar-refractivity contribution is -0.0119. The van der Waals surface area contributed by atoms with Crippen molar-refractivity contribution in [2.24, 2.45) is 0 Å². The van der Waals surface area contributed by atoms with Gasteiger partial charge in [0.2, 0.25) is 0 Å². The Labute approximate surface area is 256 Å². The summed E-state index contributed by atoms with van der Waals surface area (Å²) in [7, 11) is 1.20. The van der Waals surface area contributed by atoms with Crippen molar-refractivity contribution in [3.63, 3.8) is 0 Å². The number of hydrogen-bond donors (Lipinski definition) is 2. The Balaban J connectivity index is 1.69. The number of halogens is 1. The van der Waals surface area contributed by atoms with Crippen molar-refractivity contribution in [3.05, 3.63) is 54.0 Å². The molecule has 2 atom stereocenters. The maximum absolute atomic E-state index is 15.5. The minimum absolute atomic E-state index is 0.0429. The van der Waals surface area contributed by atoms with E-state index >= 15 is 4.39 Å². The van der Waals surface area contributed by atoms with Gasteiger partial charge in [-0.15, -0.1) is 0 Å². The zero-order valence-corrected chi connectivity index (χ0v) is 26.2. The van der Waals surface area contributed by atoms with Crippen molar-refractivity contribution in [2.75, 3.05) is 17.7 Å². The molecule has 12 heteroatoms. The van der Waals surface area contributed by atoms with Crippen LogP contribution in [0.4, 0.5) is 31.3 Å². The van der Waals surface area contributed by atoms with Gasteiger partial charge in [0, 0.05) is 11.4 Å². The molecule has 2 aromatic heterocycles. The molecule has 2 unspecified atom stereocenters. The molecule has 1 saturated carbocycles. The lowest BCUT2D eigenvalue weighted by Gasteiger charge is -2.40. The van der Waals surface area contributed by atoms with E-state index in [2.05, 4.69) is 20.6 Å². The van der Waals surface area contributed by atoms with Gasteiger partial charge in [-0.2, -0.15) is 0 Å². The Hall–Kier alpha value is -4.48. The van der Waals surface area contributed by atoms with Crippen LogP contribution in [0.1, 0.15) is 77.6 Å². The first-order chi connectivity index (χ1) is 20.6. The van der Waals surface area contributed by atoms with Crippen LogP contribution in [0.25, 0.3) is 10.9 Å². The van der Waals surface area contributed by atoms with Gasteiger partial charge in [0.25, 0.3) is 0 Å². The van der Waals surface area contributed by atoms with Crippen LogP contribution in [-0.4, -0.2) is 63.4 Å². The van der Waals surface area contributed by atoms with E-state index in [4.69, 9.17) is 14.2 Å². The minimum Gasteiger partial charge on any atom is -0.465 e. The number of carbonyl (C=O) groups excluding carboxylic acids is 3. The van der Waals surface area contributed by atoms with Crippen LogP contribution in [0.3, 0.4) is 0 Å². The number of nitrogens with one attached hydrogen (secondary N) is 2. The molecule has 2 N–H and O–H groups in total. The van der Waals surface area contributed by atoms with Gasteiger partial charge in [-0.1, -0.05) is 31.0 Å². The summed E-state index contributed by atoms with van der Waals surface area (Å²) >= 11 is 0. The second-order valence-corrected chi connectivity index (χ2v) is 12.7. The van der Waals surface area contributed by atoms with E-state index in [9.17, 15) is 14.4 Å². The van der Waals surface area contributed by atoms with E-state index in [1.807, 2.05) is 30.3 Å². The van der Waals surface area contributed by atoms with Gasteiger partial charge in [0.05, 0.1) is 30.6 Å². The molecule has 0 aliphatic heterocycles. The van der Waals surface area contributed by atoms with Crippen LogP contribution in [0.15, 0.2) is 42.6 Å². The maximum atomic E-state index is 15.5. The average Bonchev–Trinajstić information content (AvgIpc) is 2.93. The van der Waals surface area contributed by atoms with Crippen molar-refractivity contribution >= 4 is 46.4 Å². The molecule has 0 radical (unpaired) electrons. The van der Waals surface area contributed by atoms with E-state index in [1.54, 1.807) is 47.7 Å². The Kier molecular flexibility index (Phi) is 9.60. The van der Waals surface area contributed by atoms with Crippen molar-refractivity contribution in [1.29, 1.82) is 0 Å². The van der Waals surface area contributed by atoms with Gasteiger partial charge in [0.15, 0.2) is 11.6 Å². The third-order valence-corrected chi connectivity index (χ3v) is 6.80. The van der Waals surface area contributed by atoms with Crippen molar-refractivity contribution in [2.45, 2.75) is 90.5 Å². The number of rotatable bonds is 6. The van der Waals surface area contributed by atoms with Crippen molar-refractivity contribution < 1.29 is 33.0 Å². The predicted octanol–water partition coefficient (Wildman–Crippen LogP) is 7.19. The first-order valence-corrected chi connectivity index (χ1v) is 14.6. The first-order valence-electron chi connectivity index (χ1n) is 14.6. The molecule has 1 fully saturated rings. The number of nitrogens with zero attached hydrogens (tertiary/aromatic N) is 3. The molecule has 0 bridgehead atoms. The number of imide groups is 1. The molecule has 44 heavy (non-hydrogen) atoms. The van der Waals surface area contributed by atoms with Gasteiger partial charge < -0.3 is 24.8 Å². The van der Waals surface area contributed by atoms with Gasteiger partial charge in [-0.3, -0.25) is 4.98 Å². The van der Waals surface area contributed by atoms with Crippen LogP contribution in [0.5, 0.6) is 0 Å². The normalized spacial score (nSPS) is 17.0. The summed E-state index contributed by atoms with van der Waals surface area (Å²) in [6.45, 7) is 10.2. The second kappa shape index (κ2) is 13.0. The molecular weight excluding hydrogens is 569 g/mol. The summed E-state index contributed by atoms with van der Waals surface area (Å²) < 4.78 is 31.6. The van der Waals surface area contributed by atoms with Gasteiger partial charge >= 0.3 is 18.2 Å². The lowest BCUT2D eigenvalue weighted by atomic mass is 9.89. The molecule has 0 spiro atoms. The fourth-order valence-corrected chi connectivity index (χ4v) is 4.96. The smallest absolute Gasteiger partial charge is 0.420 e. The Morgan fingerprint density at radius 1 is 0.932 bits per heavy atom. The fourth-order valence-electron chi connectivity index (χ4n) is 4.96. The van der Waals surface area contributed by atoms with E-state index < -0.39 is 47.3 Å². The summed E-state index contributed by atoms with van der Waals surface area (Å²) in [5.74, 6) is -1.71. The molecule has 3 aromatic rings. The number of esters is 1. The molecule has 2 amide bonds. The highest BCUT2D eigenvalue weighted by Gasteiger charge is 2.42. The molecular formula is C32H40FN5O6. The van der Waals surface area contributed by atoms with Crippen LogP contribution < -0.4 is 10.6 Å². The number of anilines is 3. The third-order valence-electron chi connectivity index (χ3n) is 6.80. The van der Waals surface area contributed by atoms with Crippen molar-refractivity contribution in [3.8, 4) is 0 Å². The quantitative estimate of drug-likeness (QED) is 0.218. The molecule has 0 saturated heterocycles. The zero-order valence-electron chi connectivity index (χ0n) is 26.2. The number of pyridine rings is 2. The number of aromatic nitrogens is 2. The van der Waals surface area contributed by atoms with E-state index in [0.29, 0.717) is 18.5 Å². The number of fused-ring (bicyclic) bond motifs is 1. The van der Waals surface area contributed by atoms with Gasteiger partial charge in [0.1, 0.15) is 22.6 Å². The molecule has 1 aromatic carbocycles. The highest BCUT2D eigenvalue weighted by molar-refractivity contribution is 5.96. The van der Waals surface area contributed by atoms with E-state index in [-0.39, 0.29) is 17.2 Å². The number of methoxy groups -OCH3 is 1. The second-order valence-electron chi connectivity index (χ2n) is 12.7. The van der Waals surface area contributed by atoms with Crippen LogP contribution in [0, 0.1) is 5.82 Å². The fraction of sp³-hybridized carbons (Fsp3) is 0.469. The molecule has 1 aliphatic carbocycles. The molecule has 11 nitrogen and oxygen atoms in total. The molecule has 4 rings (SSSR count). The lowest BCUT2D eigenvalue weighted by Crippen LogP contribution is -2.56. The summed E-state index contributed by atoms with van der Waals surface area (Å²) in [5.41, 5.74) is -0.554. The Morgan fingerprint density at radius 3 is 2.20 bits per heavy atom. The number of para-hydroxylation sites is 1. The van der Waals surface area contributed by atoms with Gasteiger partial charge in [-0.05, 0) is 72.6 Å². The van der Waals surface area contributed by atoms with E-state index in [1.165, 1.54) is 7.11 Å². The van der Waals surface area contributed by atoms with Crippen LogP contribution in [0.2, 0.25) is 0 Å². The monoisotopic (exact) mass is 609 g/mol. The number of hydrogen-bond acceptors (Lipinski definition) is 10. The highest BCUT2D eigenvalue weighted by Crippen LogP contribution is 2.31.